The van der Waals surface area contributed by atoms with Crippen molar-refractivity contribution in [3.05, 3.63) is 162 Å². The summed E-state index contributed by atoms with van der Waals surface area (Å²) in [6.07, 6.45) is 5.74. The van der Waals surface area contributed by atoms with Crippen molar-refractivity contribution in [3.8, 4) is 22.3 Å². The lowest BCUT2D eigenvalue weighted by Crippen LogP contribution is -2.06. The Morgan fingerprint density at radius 3 is 1.79 bits per heavy atom. The predicted molar refractivity (Wildman–Crippen MR) is 187 cm³/mol. The Labute approximate surface area is 255 Å². The molecule has 1 heteroatoms. The second-order valence-corrected chi connectivity index (χ2v) is 12.6. The van der Waals surface area contributed by atoms with E-state index < -0.39 is 0 Å². The molecule has 0 aliphatic heterocycles. The maximum absolute atomic E-state index is 2.38. The van der Waals surface area contributed by atoms with Crippen LogP contribution in [0.15, 0.2) is 146 Å². The molecule has 1 aromatic heterocycles. The van der Waals surface area contributed by atoms with Crippen molar-refractivity contribution in [2.45, 2.75) is 12.3 Å². The fourth-order valence-electron chi connectivity index (χ4n) is 7.40. The van der Waals surface area contributed by atoms with E-state index in [0.29, 0.717) is 5.92 Å². The molecule has 0 N–H and O–H groups in total. The smallest absolute Gasteiger partial charge is 0.0352 e. The molecule has 0 amide bonds. The Kier molecular flexibility index (Phi) is 5.61. The summed E-state index contributed by atoms with van der Waals surface area (Å²) in [5.41, 5.74) is 8.05. The van der Waals surface area contributed by atoms with Gasteiger partial charge in [-0.15, -0.1) is 11.3 Å². The lowest BCUT2D eigenvalue weighted by atomic mass is 9.77. The van der Waals surface area contributed by atoms with E-state index in [1.165, 1.54) is 80.7 Å². The summed E-state index contributed by atoms with van der Waals surface area (Å²) in [6, 6.07) is 51.5. The zero-order chi connectivity index (χ0) is 28.3. The van der Waals surface area contributed by atoms with E-state index in [1.54, 1.807) is 0 Å². The molecule has 1 unspecified atom stereocenters. The lowest BCUT2D eigenvalue weighted by molar-refractivity contribution is 0.847. The van der Waals surface area contributed by atoms with Gasteiger partial charge in [0.2, 0.25) is 0 Å². The van der Waals surface area contributed by atoms with Crippen LogP contribution >= 0.6 is 11.3 Å². The number of thiophene rings is 1. The lowest BCUT2D eigenvalue weighted by Gasteiger charge is -2.25. The Hall–Kier alpha value is -4.98. The third kappa shape index (κ3) is 3.82. The first-order chi connectivity index (χ1) is 21.3. The van der Waals surface area contributed by atoms with Gasteiger partial charge >= 0.3 is 0 Å². The van der Waals surface area contributed by atoms with Gasteiger partial charge in [-0.05, 0) is 89.6 Å². The molecule has 8 aromatic rings. The van der Waals surface area contributed by atoms with Gasteiger partial charge in [-0.25, -0.2) is 0 Å². The first-order valence-electron chi connectivity index (χ1n) is 15.0. The van der Waals surface area contributed by atoms with Crippen LogP contribution in [0.2, 0.25) is 0 Å². The average molecular weight is 565 g/mol. The van der Waals surface area contributed by atoms with Gasteiger partial charge < -0.3 is 0 Å². The second kappa shape index (κ2) is 9.80. The standard InChI is InChI=1S/C42H28S/c1-2-13-30-27(11-1)12-9-19-31(30)28-23-25-29(26-24-28)40-32-14-3-5-16-34(32)41(35-17-6-4-15-33(35)40)37-20-10-22-39-42(37)36-18-7-8-21-38(36)43-39/h1-19,21-26,37H,20H2. The molecule has 202 valence electrons. The van der Waals surface area contributed by atoms with Gasteiger partial charge in [0.05, 0.1) is 0 Å². The van der Waals surface area contributed by atoms with Crippen molar-refractivity contribution < 1.29 is 0 Å². The van der Waals surface area contributed by atoms with Crippen LogP contribution in [0.4, 0.5) is 0 Å². The van der Waals surface area contributed by atoms with Gasteiger partial charge in [0, 0.05) is 15.5 Å². The highest BCUT2D eigenvalue weighted by atomic mass is 32.1. The maximum Gasteiger partial charge on any atom is 0.0352 e. The molecule has 0 spiro atoms. The number of hydrogen-bond donors (Lipinski definition) is 0. The molecule has 1 aliphatic carbocycles. The van der Waals surface area contributed by atoms with Crippen LogP contribution in [-0.4, -0.2) is 0 Å². The molecule has 1 heterocycles. The SMILES string of the molecule is C1=Cc2sc3ccccc3c2C(c2c3ccccc3c(-c3ccc(-c4cccc5ccccc45)cc3)c3ccccc23)C1. The van der Waals surface area contributed by atoms with Crippen molar-refractivity contribution in [2.75, 3.05) is 0 Å². The van der Waals surface area contributed by atoms with Gasteiger partial charge in [-0.2, -0.15) is 0 Å². The van der Waals surface area contributed by atoms with Crippen LogP contribution < -0.4 is 0 Å². The van der Waals surface area contributed by atoms with E-state index >= 15 is 0 Å². The molecule has 0 radical (unpaired) electrons. The summed E-state index contributed by atoms with van der Waals surface area (Å²) in [5.74, 6) is 0.314. The van der Waals surface area contributed by atoms with Crippen molar-refractivity contribution >= 4 is 59.8 Å². The summed E-state index contributed by atoms with van der Waals surface area (Å²) in [7, 11) is 0. The predicted octanol–water partition coefficient (Wildman–Crippen LogP) is 12.2. The molecule has 7 aromatic carbocycles. The minimum Gasteiger partial charge on any atom is -0.136 e. The molecule has 0 saturated carbocycles. The maximum atomic E-state index is 2.38. The zero-order valence-corrected chi connectivity index (χ0v) is 24.4. The molecule has 0 bridgehead atoms. The molecule has 1 aliphatic rings. The van der Waals surface area contributed by atoms with Gasteiger partial charge in [0.25, 0.3) is 0 Å². The summed E-state index contributed by atoms with van der Waals surface area (Å²) in [6.45, 7) is 0. The highest BCUT2D eigenvalue weighted by Gasteiger charge is 2.28. The van der Waals surface area contributed by atoms with Gasteiger partial charge in [-0.3, -0.25) is 0 Å². The number of allylic oxidation sites excluding steroid dienone is 1. The Bertz CT molecular complexity index is 2310. The van der Waals surface area contributed by atoms with Gasteiger partial charge in [0.15, 0.2) is 0 Å². The minimum absolute atomic E-state index is 0.314. The third-order valence-corrected chi connectivity index (χ3v) is 10.4. The van der Waals surface area contributed by atoms with Crippen LogP contribution in [0.1, 0.15) is 28.3 Å². The zero-order valence-electron chi connectivity index (χ0n) is 23.6. The Balaban J connectivity index is 1.27. The molecular weight excluding hydrogens is 537 g/mol. The fraction of sp³-hybridized carbons (Fsp3) is 0.0476. The van der Waals surface area contributed by atoms with E-state index in [9.17, 15) is 0 Å². The first kappa shape index (κ1) is 24.6. The van der Waals surface area contributed by atoms with Crippen molar-refractivity contribution in [2.24, 2.45) is 0 Å². The molecule has 43 heavy (non-hydrogen) atoms. The van der Waals surface area contributed by atoms with Crippen LogP contribution in [0, 0.1) is 0 Å². The molecular formula is C42H28S. The number of hydrogen-bond acceptors (Lipinski definition) is 1. The van der Waals surface area contributed by atoms with Crippen LogP contribution in [0.3, 0.4) is 0 Å². The summed E-state index contributed by atoms with van der Waals surface area (Å²) in [5, 5.41) is 9.33. The molecule has 9 rings (SSSR count). The van der Waals surface area contributed by atoms with Crippen molar-refractivity contribution in [1.29, 1.82) is 0 Å². The molecule has 0 saturated heterocycles. The first-order valence-corrected chi connectivity index (χ1v) is 15.9. The van der Waals surface area contributed by atoms with E-state index in [-0.39, 0.29) is 0 Å². The van der Waals surface area contributed by atoms with E-state index in [4.69, 9.17) is 0 Å². The quantitative estimate of drug-likeness (QED) is 0.187. The fourth-order valence-corrected chi connectivity index (χ4v) is 8.60. The average Bonchev–Trinajstić information content (AvgIpc) is 3.46. The van der Waals surface area contributed by atoms with E-state index in [1.807, 2.05) is 11.3 Å². The molecule has 1 atom stereocenters. The monoisotopic (exact) mass is 564 g/mol. The second-order valence-electron chi connectivity index (χ2n) is 11.6. The van der Waals surface area contributed by atoms with Crippen molar-refractivity contribution in [1.82, 2.24) is 0 Å². The van der Waals surface area contributed by atoms with Crippen LogP contribution in [0.25, 0.3) is 70.7 Å². The van der Waals surface area contributed by atoms with Gasteiger partial charge in [0.1, 0.15) is 0 Å². The largest absolute Gasteiger partial charge is 0.136 e. The summed E-state index contributed by atoms with van der Waals surface area (Å²) in [4.78, 5) is 1.40. The van der Waals surface area contributed by atoms with E-state index in [0.717, 1.165) is 6.42 Å². The molecule has 0 nitrogen and oxygen atoms in total. The van der Waals surface area contributed by atoms with Crippen LogP contribution in [0.5, 0.6) is 0 Å². The highest BCUT2D eigenvalue weighted by molar-refractivity contribution is 7.20. The van der Waals surface area contributed by atoms with Gasteiger partial charge in [-0.1, -0.05) is 140 Å². The van der Waals surface area contributed by atoms with Crippen molar-refractivity contribution in [3.63, 3.8) is 0 Å². The molecule has 0 fully saturated rings. The van der Waals surface area contributed by atoms with E-state index in [2.05, 4.69) is 152 Å². The number of fused-ring (bicyclic) bond motifs is 6. The summed E-state index contributed by atoms with van der Waals surface area (Å²) < 4.78 is 1.38. The normalized spacial score (nSPS) is 14.6. The Morgan fingerprint density at radius 1 is 0.465 bits per heavy atom. The number of rotatable bonds is 3. The minimum atomic E-state index is 0.314. The number of benzene rings is 7. The van der Waals surface area contributed by atoms with Crippen LogP contribution in [-0.2, 0) is 0 Å². The summed E-state index contributed by atoms with van der Waals surface area (Å²) >= 11 is 1.92. The highest BCUT2D eigenvalue weighted by Crippen LogP contribution is 2.50. The Morgan fingerprint density at radius 2 is 1.05 bits per heavy atom. The third-order valence-electron chi connectivity index (χ3n) is 9.25. The topological polar surface area (TPSA) is 0 Å².